The van der Waals surface area contributed by atoms with E-state index in [1.54, 1.807) is 13.2 Å². The number of methoxy groups -OCH3 is 1. The monoisotopic (exact) mass is 345 g/mol. The lowest BCUT2D eigenvalue weighted by molar-refractivity contribution is 0.0968. The molecule has 2 fully saturated rings. The molecule has 2 aliphatic heterocycles. The van der Waals surface area contributed by atoms with Gasteiger partial charge in [0.2, 0.25) is 0 Å². The van der Waals surface area contributed by atoms with Crippen LogP contribution in [0.15, 0.2) is 29.2 Å². The van der Waals surface area contributed by atoms with E-state index in [2.05, 4.69) is 4.90 Å². The van der Waals surface area contributed by atoms with E-state index in [4.69, 9.17) is 20.2 Å². The van der Waals surface area contributed by atoms with Crippen molar-refractivity contribution in [2.45, 2.75) is 36.7 Å². The fourth-order valence-electron chi connectivity index (χ4n) is 2.62. The molecule has 0 bridgehead atoms. The Kier molecular flexibility index (Phi) is 7.66. The Bertz CT molecular complexity index is 471. The van der Waals surface area contributed by atoms with Crippen molar-refractivity contribution in [2.75, 3.05) is 38.3 Å². The topological polar surface area (TPSA) is 38.8 Å². The van der Waals surface area contributed by atoms with Crippen molar-refractivity contribution in [1.82, 2.24) is 0 Å². The molecule has 2 heterocycles. The molecule has 0 aromatic heterocycles. The van der Waals surface area contributed by atoms with Crippen LogP contribution >= 0.6 is 10.7 Å². The summed E-state index contributed by atoms with van der Waals surface area (Å²) in [6.07, 6.45) is 5.26. The van der Waals surface area contributed by atoms with Crippen LogP contribution in [0.1, 0.15) is 25.7 Å². The average molecular weight is 346 g/mol. The summed E-state index contributed by atoms with van der Waals surface area (Å²) in [5, 5.41) is 0. The van der Waals surface area contributed by atoms with Crippen molar-refractivity contribution in [1.29, 1.82) is 0 Å². The van der Waals surface area contributed by atoms with Crippen molar-refractivity contribution in [3.05, 3.63) is 24.3 Å². The molecule has 2 atom stereocenters. The van der Waals surface area contributed by atoms with Crippen molar-refractivity contribution in [3.8, 4) is 0 Å². The van der Waals surface area contributed by atoms with Gasteiger partial charge in [-0.15, -0.1) is 0 Å². The maximum atomic E-state index is 11.2. The van der Waals surface area contributed by atoms with Gasteiger partial charge < -0.3 is 14.4 Å². The number of hydrogen-bond acceptors (Lipinski definition) is 4. The summed E-state index contributed by atoms with van der Waals surface area (Å²) in [5.74, 6) is 0. The Morgan fingerprint density at radius 1 is 1.32 bits per heavy atom. The van der Waals surface area contributed by atoms with Crippen molar-refractivity contribution >= 4 is 26.4 Å². The molecule has 2 unspecified atom stereocenters. The van der Waals surface area contributed by atoms with Crippen LogP contribution < -0.4 is 4.90 Å². The van der Waals surface area contributed by atoms with Gasteiger partial charge in [0.1, 0.15) is 10.0 Å². The minimum absolute atomic E-state index is 0.296. The number of hydrogen-bond donors (Lipinski definition) is 0. The second-order valence-electron chi connectivity index (χ2n) is 5.49. The molecule has 0 amide bonds. The van der Waals surface area contributed by atoms with E-state index in [1.807, 2.05) is 18.2 Å². The minimum Gasteiger partial charge on any atom is -0.381 e. The number of anilines is 1. The molecule has 0 saturated carbocycles. The summed E-state index contributed by atoms with van der Waals surface area (Å²) < 4.78 is 21.5. The van der Waals surface area contributed by atoms with Crippen LogP contribution in [0.3, 0.4) is 0 Å². The Balaban J connectivity index is 0.000000246. The molecule has 4 nitrogen and oxygen atoms in total. The summed E-state index contributed by atoms with van der Waals surface area (Å²) in [4.78, 5) is 2.88. The van der Waals surface area contributed by atoms with Crippen LogP contribution in [-0.4, -0.2) is 43.7 Å². The van der Waals surface area contributed by atoms with Crippen LogP contribution in [0.5, 0.6) is 0 Å². The largest absolute Gasteiger partial charge is 0.381 e. The van der Waals surface area contributed by atoms with Crippen LogP contribution in [0.2, 0.25) is 0 Å². The summed E-state index contributed by atoms with van der Waals surface area (Å²) in [6.45, 7) is 3.85. The quantitative estimate of drug-likeness (QED) is 0.787. The summed E-state index contributed by atoms with van der Waals surface area (Å²) in [6, 6.07) is 7.54. The van der Waals surface area contributed by atoms with Crippen LogP contribution in [-0.2, 0) is 19.5 Å². The maximum Gasteiger partial charge on any atom is 0.147 e. The molecule has 0 radical (unpaired) electrons. The lowest BCUT2D eigenvalue weighted by Crippen LogP contribution is -2.22. The van der Waals surface area contributed by atoms with E-state index in [9.17, 15) is 4.21 Å². The lowest BCUT2D eigenvalue weighted by Gasteiger charge is -2.18. The van der Waals surface area contributed by atoms with Gasteiger partial charge in [-0.05, 0) is 54.6 Å². The highest BCUT2D eigenvalue weighted by molar-refractivity contribution is 8.08. The fraction of sp³-hybridized carbons (Fsp3) is 0.625. The Labute approximate surface area is 139 Å². The first-order chi connectivity index (χ1) is 10.7. The van der Waals surface area contributed by atoms with Crippen molar-refractivity contribution in [3.63, 3.8) is 0 Å². The third kappa shape index (κ3) is 5.54. The third-order valence-corrected chi connectivity index (χ3v) is 5.08. The molecule has 3 rings (SSSR count). The van der Waals surface area contributed by atoms with Crippen LogP contribution in [0, 0.1) is 0 Å². The molecule has 0 spiro atoms. The molecule has 0 aliphatic carbocycles. The van der Waals surface area contributed by atoms with E-state index in [-0.39, 0.29) is 0 Å². The highest BCUT2D eigenvalue weighted by Crippen LogP contribution is 2.24. The SMILES string of the molecule is C1CCOCC1.COC1CCN(c2cccc(S(=O)Cl)c2)C1. The zero-order chi connectivity index (χ0) is 15.8. The van der Waals surface area contributed by atoms with Gasteiger partial charge in [0, 0.05) is 39.1 Å². The number of benzene rings is 1. The number of halogens is 1. The molecule has 0 N–H and O–H groups in total. The highest BCUT2D eigenvalue weighted by Gasteiger charge is 2.22. The van der Waals surface area contributed by atoms with E-state index in [0.29, 0.717) is 11.0 Å². The lowest BCUT2D eigenvalue weighted by atomic mass is 10.2. The van der Waals surface area contributed by atoms with Gasteiger partial charge in [0.25, 0.3) is 0 Å². The van der Waals surface area contributed by atoms with Gasteiger partial charge in [-0.2, -0.15) is 0 Å². The van der Waals surface area contributed by atoms with Crippen LogP contribution in [0.25, 0.3) is 0 Å². The number of nitrogens with zero attached hydrogens (tertiary/aromatic N) is 1. The van der Waals surface area contributed by atoms with Gasteiger partial charge in [-0.25, -0.2) is 4.21 Å². The first kappa shape index (κ1) is 17.7. The van der Waals surface area contributed by atoms with E-state index < -0.39 is 10.0 Å². The summed E-state index contributed by atoms with van der Waals surface area (Å²) in [5.41, 5.74) is 1.06. The minimum atomic E-state index is -1.44. The van der Waals surface area contributed by atoms with Gasteiger partial charge >= 0.3 is 0 Å². The van der Waals surface area contributed by atoms with E-state index in [0.717, 1.165) is 38.4 Å². The predicted molar refractivity (Wildman–Crippen MR) is 91.0 cm³/mol. The maximum absolute atomic E-state index is 11.2. The van der Waals surface area contributed by atoms with E-state index >= 15 is 0 Å². The Hall–Kier alpha value is -0.620. The van der Waals surface area contributed by atoms with Gasteiger partial charge in [-0.3, -0.25) is 0 Å². The molecule has 2 aliphatic rings. The predicted octanol–water partition coefficient (Wildman–Crippen LogP) is 3.36. The Morgan fingerprint density at radius 2 is 2.09 bits per heavy atom. The van der Waals surface area contributed by atoms with E-state index in [1.165, 1.54) is 19.3 Å². The molecule has 124 valence electrons. The first-order valence-electron chi connectivity index (χ1n) is 7.74. The van der Waals surface area contributed by atoms with Crippen molar-refractivity contribution < 1.29 is 13.7 Å². The zero-order valence-corrected chi connectivity index (χ0v) is 14.6. The highest BCUT2D eigenvalue weighted by atomic mass is 35.7. The van der Waals surface area contributed by atoms with Gasteiger partial charge in [-0.1, -0.05) is 6.07 Å². The third-order valence-electron chi connectivity index (χ3n) is 3.92. The van der Waals surface area contributed by atoms with Gasteiger partial charge in [0.05, 0.1) is 11.0 Å². The molecular weight excluding hydrogens is 322 g/mol. The van der Waals surface area contributed by atoms with Crippen LogP contribution in [0.4, 0.5) is 5.69 Å². The van der Waals surface area contributed by atoms with Crippen molar-refractivity contribution in [2.24, 2.45) is 0 Å². The second kappa shape index (κ2) is 9.50. The molecule has 1 aromatic rings. The fourth-order valence-corrected chi connectivity index (χ4v) is 3.31. The second-order valence-corrected chi connectivity index (χ2v) is 7.25. The summed E-state index contributed by atoms with van der Waals surface area (Å²) in [7, 11) is 5.87. The molecule has 1 aromatic carbocycles. The molecular formula is C16H24ClNO3S. The normalized spacial score (nSPS) is 22.8. The molecule has 22 heavy (non-hydrogen) atoms. The number of ether oxygens (including phenoxy) is 2. The number of rotatable bonds is 3. The Morgan fingerprint density at radius 3 is 2.59 bits per heavy atom. The standard InChI is InChI=1S/C11H14ClNO2S.C5H10O/c1-15-10-5-6-13(8-10)9-3-2-4-11(7-9)16(12)14;1-2-4-6-5-3-1/h2-4,7,10H,5-6,8H2,1H3;1-5H2. The van der Waals surface area contributed by atoms with Gasteiger partial charge in [0.15, 0.2) is 0 Å². The first-order valence-corrected chi connectivity index (χ1v) is 9.72. The average Bonchev–Trinajstić information content (AvgIpc) is 3.06. The molecule has 2 saturated heterocycles. The molecule has 6 heteroatoms. The zero-order valence-electron chi connectivity index (χ0n) is 13.0. The smallest absolute Gasteiger partial charge is 0.147 e. The summed E-state index contributed by atoms with van der Waals surface area (Å²) >= 11 is 0.